The second-order valence-corrected chi connectivity index (χ2v) is 19.2. The molecule has 0 bridgehead atoms. The van der Waals surface area contributed by atoms with Crippen LogP contribution in [-0.4, -0.2) is 122 Å². The molecule has 4 aliphatic rings. The van der Waals surface area contributed by atoms with Crippen molar-refractivity contribution in [2.75, 3.05) is 43.0 Å². The lowest BCUT2D eigenvalue weighted by Gasteiger charge is -2.50. The molecule has 0 spiro atoms. The summed E-state index contributed by atoms with van der Waals surface area (Å²) in [6, 6.07) is -2.16. The van der Waals surface area contributed by atoms with E-state index in [-0.39, 0.29) is 55.5 Å². The number of thioether (sulfide) groups is 2. The predicted molar refractivity (Wildman–Crippen MR) is 237 cm³/mol. The fourth-order valence-corrected chi connectivity index (χ4v) is 10.4. The number of hydrogen-bond acceptors (Lipinski definition) is 20. The van der Waals surface area contributed by atoms with Crippen LogP contribution in [0, 0.1) is 5.41 Å². The van der Waals surface area contributed by atoms with Gasteiger partial charge in [-0.25, -0.2) is 24.4 Å². The van der Waals surface area contributed by atoms with Gasteiger partial charge in [-0.05, 0) is 33.6 Å². The minimum absolute atomic E-state index is 0.00918. The van der Waals surface area contributed by atoms with Crippen LogP contribution in [0.25, 0.3) is 11.1 Å². The highest BCUT2D eigenvalue weighted by atomic mass is 32.2. The van der Waals surface area contributed by atoms with Crippen LogP contribution < -0.4 is 27.8 Å². The average molecular weight is 960 g/mol. The summed E-state index contributed by atoms with van der Waals surface area (Å²) in [7, 11) is 0. The molecule has 0 aliphatic carbocycles. The smallest absolute Gasteiger partial charge is 0.404 e. The van der Waals surface area contributed by atoms with Crippen molar-refractivity contribution < 1.29 is 57.3 Å². The summed E-state index contributed by atoms with van der Waals surface area (Å²) in [5.41, 5.74) is 16.7. The van der Waals surface area contributed by atoms with Gasteiger partial charge in [0.1, 0.15) is 47.4 Å². The molecule has 5 amide bonds. The van der Waals surface area contributed by atoms with Crippen LogP contribution in [0.3, 0.4) is 0 Å². The number of carbonyl (C=O) groups is 8. The van der Waals surface area contributed by atoms with Crippen LogP contribution in [0.2, 0.25) is 0 Å². The molecule has 2 aromatic heterocycles. The normalized spacial score (nSPS) is 21.0. The Labute approximate surface area is 382 Å². The molecule has 6 rings (SSSR count). The summed E-state index contributed by atoms with van der Waals surface area (Å²) in [4.78, 5) is 117. The number of rotatable bonds is 16. The number of hydrogen-bond donors (Lipinski definition) is 5. The van der Waals surface area contributed by atoms with Crippen LogP contribution in [0.4, 0.5) is 15.1 Å². The molecule has 4 atom stereocenters. The van der Waals surface area contributed by atoms with Gasteiger partial charge in [-0.1, -0.05) is 26.0 Å². The first-order valence-corrected chi connectivity index (χ1v) is 23.4. The molecule has 0 unspecified atom stereocenters. The van der Waals surface area contributed by atoms with E-state index in [1.165, 1.54) is 11.8 Å². The quantitative estimate of drug-likeness (QED) is 0.0529. The number of anilines is 2. The Morgan fingerprint density at radius 3 is 1.56 bits per heavy atom. The SMILES string of the molecule is CC/C=C(\C(=O)N[C@@H]1C(=O)N2C(C(=O)OCOC(=O)C(C)(C)C)=C(COC(=O)C3=C(COC(N)=O)CS[C@@H]4[C@H](NC(=O)/C(=C/CC)c5csc(N)n5)C(=O)N34)CS[C@H]12)c1csc(N)n1. The molecule has 25 heteroatoms. The number of amides is 5. The number of fused-ring (bicyclic) bond motifs is 2. The third-order valence-electron chi connectivity index (χ3n) is 9.71. The highest BCUT2D eigenvalue weighted by molar-refractivity contribution is 8.00. The van der Waals surface area contributed by atoms with E-state index in [1.54, 1.807) is 43.7 Å². The molecular weight excluding hydrogens is 915 g/mol. The summed E-state index contributed by atoms with van der Waals surface area (Å²) in [6.07, 6.45) is 3.11. The van der Waals surface area contributed by atoms with Crippen LogP contribution in [-0.2, 0) is 52.5 Å². The maximum Gasteiger partial charge on any atom is 0.404 e. The maximum absolute atomic E-state index is 14.1. The molecule has 64 heavy (non-hydrogen) atoms. The lowest BCUT2D eigenvalue weighted by atomic mass is 9.98. The highest BCUT2D eigenvalue weighted by Gasteiger charge is 2.56. The molecule has 2 aromatic rings. The fourth-order valence-electron chi connectivity index (χ4n) is 6.66. The van der Waals surface area contributed by atoms with Crippen molar-refractivity contribution in [2.24, 2.45) is 11.1 Å². The molecular formula is C39H45N9O12S4. The van der Waals surface area contributed by atoms with Crippen molar-refractivity contribution in [3.8, 4) is 0 Å². The van der Waals surface area contributed by atoms with Crippen molar-refractivity contribution >= 4 is 115 Å². The number of thiazole rings is 2. The molecule has 21 nitrogen and oxygen atoms in total. The van der Waals surface area contributed by atoms with Crippen molar-refractivity contribution in [1.29, 1.82) is 0 Å². The summed E-state index contributed by atoms with van der Waals surface area (Å²) in [6.45, 7) is 6.59. The number of primary amides is 1. The molecule has 342 valence electrons. The van der Waals surface area contributed by atoms with E-state index in [2.05, 4.69) is 20.6 Å². The van der Waals surface area contributed by atoms with E-state index in [1.807, 2.05) is 13.8 Å². The van der Waals surface area contributed by atoms with Crippen molar-refractivity contribution in [2.45, 2.75) is 70.3 Å². The Morgan fingerprint density at radius 2 is 1.17 bits per heavy atom. The van der Waals surface area contributed by atoms with Gasteiger partial charge >= 0.3 is 24.0 Å². The fraction of sp³-hybridized carbons (Fsp3) is 0.436. The predicted octanol–water partition coefficient (Wildman–Crippen LogP) is 2.09. The van der Waals surface area contributed by atoms with E-state index in [0.717, 1.165) is 44.2 Å². The molecule has 2 saturated heterocycles. The second kappa shape index (κ2) is 19.9. The Morgan fingerprint density at radius 1 is 0.734 bits per heavy atom. The third-order valence-corrected chi connectivity index (χ3v) is 13.7. The first-order chi connectivity index (χ1) is 30.4. The van der Waals surface area contributed by atoms with E-state index < -0.39 is 95.9 Å². The van der Waals surface area contributed by atoms with Gasteiger partial charge in [-0.15, -0.1) is 46.2 Å². The topological polar surface area (TPSA) is 308 Å². The van der Waals surface area contributed by atoms with Crippen molar-refractivity contribution in [3.63, 3.8) is 0 Å². The van der Waals surface area contributed by atoms with Gasteiger partial charge in [0.15, 0.2) is 10.3 Å². The minimum Gasteiger partial charge on any atom is -0.456 e. The molecule has 0 aromatic carbocycles. The van der Waals surface area contributed by atoms with E-state index in [9.17, 15) is 38.4 Å². The number of carbonyl (C=O) groups excluding carboxylic acids is 8. The largest absolute Gasteiger partial charge is 0.456 e. The van der Waals surface area contributed by atoms with Gasteiger partial charge in [0.2, 0.25) is 6.79 Å². The first kappa shape index (κ1) is 47.6. The van der Waals surface area contributed by atoms with E-state index >= 15 is 0 Å². The van der Waals surface area contributed by atoms with Gasteiger partial charge in [0.05, 0.1) is 27.9 Å². The van der Waals surface area contributed by atoms with Gasteiger partial charge in [-0.2, -0.15) is 0 Å². The number of β-lactam (4-membered cyclic amide) rings is 2. The number of aromatic nitrogens is 2. The van der Waals surface area contributed by atoms with Crippen LogP contribution in [0.1, 0.15) is 58.8 Å². The van der Waals surface area contributed by atoms with Crippen molar-refractivity contribution in [1.82, 2.24) is 30.4 Å². The monoisotopic (exact) mass is 959 g/mol. The Hall–Kier alpha value is -5.92. The van der Waals surface area contributed by atoms with Crippen LogP contribution >= 0.6 is 46.2 Å². The number of nitrogen functional groups attached to an aromatic ring is 2. The Balaban J connectivity index is 1.22. The molecule has 0 saturated carbocycles. The van der Waals surface area contributed by atoms with Crippen molar-refractivity contribution in [3.05, 3.63) is 56.8 Å². The Bertz CT molecular complexity index is 2400. The maximum atomic E-state index is 14.1. The minimum atomic E-state index is -1.14. The number of nitrogens with one attached hydrogen (secondary N) is 2. The number of esters is 3. The van der Waals surface area contributed by atoms with Gasteiger partial charge < -0.3 is 46.8 Å². The van der Waals surface area contributed by atoms with Crippen LogP contribution in [0.5, 0.6) is 0 Å². The summed E-state index contributed by atoms with van der Waals surface area (Å²) < 4.78 is 21.2. The van der Waals surface area contributed by atoms with Crippen LogP contribution in [0.15, 0.2) is 45.5 Å². The summed E-state index contributed by atoms with van der Waals surface area (Å²) in [5, 5.41) is 7.61. The molecule has 0 radical (unpaired) electrons. The number of allylic oxidation sites excluding steroid dienone is 2. The zero-order valence-electron chi connectivity index (χ0n) is 35.1. The average Bonchev–Trinajstić information content (AvgIpc) is 3.89. The summed E-state index contributed by atoms with van der Waals surface area (Å²) >= 11 is 4.65. The standard InChI is InChI=1S/C39H45N9O12S4/c1-6-8-19(21-14-63-36(40)43-21)27(49)45-23-29(51)47-25(18(11-58-38(42)56)13-62-31(23)47)33(53)57-10-17-12-61-32-24(46-28(50)20(9-7-2)22-15-64-37(41)44-22)30(52)48(32)26(17)34(54)59-16-60-35(55)39(3,4)5/h8-9,14-15,23-24,31-32H,6-7,10-13,16H2,1-5H3,(H2,40,43)(H2,41,44)(H2,42,56)(H,45,49)(H,46,50)/b19-8+,20-9-/t23-,24-,31-,32-/m1/s1. The van der Waals surface area contributed by atoms with Gasteiger partial charge in [0.25, 0.3) is 23.6 Å². The zero-order chi connectivity index (χ0) is 46.6. The zero-order valence-corrected chi connectivity index (χ0v) is 38.4. The lowest BCUT2D eigenvalue weighted by molar-refractivity contribution is -0.173. The molecule has 2 fully saturated rings. The Kier molecular flexibility index (Phi) is 14.8. The van der Waals surface area contributed by atoms with E-state index in [0.29, 0.717) is 24.2 Å². The summed E-state index contributed by atoms with van der Waals surface area (Å²) in [5.74, 6) is -5.28. The molecule has 4 aliphatic heterocycles. The molecule has 8 N–H and O–H groups in total. The number of ether oxygens (including phenoxy) is 4. The number of nitrogens with zero attached hydrogens (tertiary/aromatic N) is 4. The molecule has 6 heterocycles. The second-order valence-electron chi connectivity index (χ2n) is 15.2. The lowest BCUT2D eigenvalue weighted by Crippen LogP contribution is -2.71. The first-order valence-electron chi connectivity index (χ1n) is 19.6. The number of nitrogens with two attached hydrogens (primary N) is 3. The van der Waals surface area contributed by atoms with Gasteiger partial charge in [0, 0.05) is 33.4 Å². The third kappa shape index (κ3) is 10.1. The highest BCUT2D eigenvalue weighted by Crippen LogP contribution is 2.43. The van der Waals surface area contributed by atoms with Gasteiger partial charge in [-0.3, -0.25) is 33.8 Å². The van der Waals surface area contributed by atoms with E-state index in [4.69, 9.17) is 36.1 Å².